The fourth-order valence-corrected chi connectivity index (χ4v) is 7.16. The largest absolute Gasteiger partial charge is 0.396 e. The van der Waals surface area contributed by atoms with Crippen LogP contribution in [-0.4, -0.2) is 58.1 Å². The van der Waals surface area contributed by atoms with Gasteiger partial charge in [-0.3, -0.25) is 14.4 Å². The highest BCUT2D eigenvalue weighted by molar-refractivity contribution is 6.05. The molecule has 3 aromatic rings. The molecule has 8 heteroatoms. The Morgan fingerprint density at radius 2 is 1.62 bits per heavy atom. The molecular formula is C32H35N3O5. The second kappa shape index (κ2) is 10.3. The minimum atomic E-state index is -1.08. The van der Waals surface area contributed by atoms with E-state index in [0.717, 1.165) is 17.2 Å². The number of aliphatic hydroxyl groups is 1. The Bertz CT molecular complexity index is 1440. The summed E-state index contributed by atoms with van der Waals surface area (Å²) in [6.07, 6.45) is 3.11. The molecular weight excluding hydrogens is 506 g/mol. The lowest BCUT2D eigenvalue weighted by Crippen LogP contribution is -2.53. The van der Waals surface area contributed by atoms with E-state index in [4.69, 9.17) is 4.74 Å². The number of fused-ring (bicyclic) bond motifs is 2. The van der Waals surface area contributed by atoms with E-state index in [-0.39, 0.29) is 24.3 Å². The molecule has 0 aromatic heterocycles. The van der Waals surface area contributed by atoms with Crippen molar-refractivity contribution in [3.63, 3.8) is 0 Å². The van der Waals surface area contributed by atoms with Gasteiger partial charge in [-0.05, 0) is 74.1 Å². The number of aliphatic hydroxyl groups excluding tert-OH is 1. The zero-order valence-corrected chi connectivity index (χ0v) is 22.6. The Hall–Kier alpha value is -3.75. The Kier molecular flexibility index (Phi) is 6.84. The van der Waals surface area contributed by atoms with Crippen molar-refractivity contribution in [1.82, 2.24) is 4.90 Å². The highest BCUT2D eigenvalue weighted by Crippen LogP contribution is 2.63. The highest BCUT2D eigenvalue weighted by Gasteiger charge is 2.77. The molecule has 3 amide bonds. The fourth-order valence-electron chi connectivity index (χ4n) is 7.16. The van der Waals surface area contributed by atoms with Crippen LogP contribution in [0.5, 0.6) is 0 Å². The predicted octanol–water partition coefficient (Wildman–Crippen LogP) is 4.34. The number of benzene rings is 3. The van der Waals surface area contributed by atoms with E-state index in [1.165, 1.54) is 0 Å². The summed E-state index contributed by atoms with van der Waals surface area (Å²) >= 11 is 0. The number of carbonyl (C=O) groups is 3. The highest BCUT2D eigenvalue weighted by atomic mass is 16.5. The number of nitrogens with zero attached hydrogens (tertiary/aromatic N) is 1. The van der Waals surface area contributed by atoms with Crippen LogP contribution in [0.25, 0.3) is 10.8 Å². The third kappa shape index (κ3) is 4.35. The number of rotatable bonds is 9. The SMILES string of the molecule is C[C@]12CCC3(O1)C(C(=O)Nc1ccc4ccccc4c1)N(CCCCCO)C(=O)[C@@H]3[C@H]2C(=O)Nc1ccccc1. The van der Waals surface area contributed by atoms with Crippen LogP contribution in [0, 0.1) is 11.8 Å². The van der Waals surface area contributed by atoms with Crippen molar-refractivity contribution < 1.29 is 24.2 Å². The quantitative estimate of drug-likeness (QED) is 0.349. The Morgan fingerprint density at radius 3 is 2.40 bits per heavy atom. The molecule has 2 bridgehead atoms. The first-order valence-electron chi connectivity index (χ1n) is 14.1. The summed E-state index contributed by atoms with van der Waals surface area (Å²) in [7, 11) is 0. The number of hydrogen-bond donors (Lipinski definition) is 3. The molecule has 3 aliphatic rings. The molecule has 0 radical (unpaired) electrons. The van der Waals surface area contributed by atoms with Gasteiger partial charge in [0.2, 0.25) is 17.7 Å². The molecule has 8 nitrogen and oxygen atoms in total. The summed E-state index contributed by atoms with van der Waals surface area (Å²) in [5.41, 5.74) is -0.621. The van der Waals surface area contributed by atoms with E-state index >= 15 is 0 Å². The van der Waals surface area contributed by atoms with Crippen molar-refractivity contribution in [2.24, 2.45) is 11.8 Å². The minimum absolute atomic E-state index is 0.0790. The van der Waals surface area contributed by atoms with Crippen LogP contribution < -0.4 is 10.6 Å². The van der Waals surface area contributed by atoms with E-state index in [9.17, 15) is 19.5 Å². The number of amides is 3. The Balaban J connectivity index is 1.32. The monoisotopic (exact) mass is 541 g/mol. The van der Waals surface area contributed by atoms with Gasteiger partial charge in [0, 0.05) is 24.5 Å². The number of para-hydroxylation sites is 1. The van der Waals surface area contributed by atoms with Crippen LogP contribution in [0.2, 0.25) is 0 Å². The van der Waals surface area contributed by atoms with Gasteiger partial charge in [0.05, 0.1) is 17.4 Å². The molecule has 0 aliphatic carbocycles. The molecule has 5 atom stereocenters. The first-order valence-corrected chi connectivity index (χ1v) is 14.1. The number of carbonyl (C=O) groups excluding carboxylic acids is 3. The third-order valence-corrected chi connectivity index (χ3v) is 8.92. The summed E-state index contributed by atoms with van der Waals surface area (Å²) in [4.78, 5) is 43.5. The van der Waals surface area contributed by atoms with Crippen LogP contribution in [0.15, 0.2) is 72.8 Å². The van der Waals surface area contributed by atoms with Gasteiger partial charge in [0.15, 0.2) is 0 Å². The molecule has 208 valence electrons. The number of unbranched alkanes of at least 4 members (excludes halogenated alkanes) is 2. The molecule has 2 unspecified atom stereocenters. The van der Waals surface area contributed by atoms with E-state index in [1.807, 2.05) is 79.7 Å². The van der Waals surface area contributed by atoms with Gasteiger partial charge in [0.25, 0.3) is 0 Å². The standard InChI is InChI=1S/C32H35N3O5/c1-31-16-17-32(40-31)26(25(31)28(37)33-23-12-4-2-5-13-23)30(39)35(18-8-3-9-19-36)27(32)29(38)34-24-15-14-21-10-6-7-11-22(21)20-24/h2,4-7,10-15,20,25-27,36H,3,8-9,16-19H2,1H3,(H,33,37)(H,34,38)/t25-,26-,27?,31+,32?/m0/s1. The van der Waals surface area contributed by atoms with Gasteiger partial charge in [-0.15, -0.1) is 0 Å². The van der Waals surface area contributed by atoms with Gasteiger partial charge in [0.1, 0.15) is 11.6 Å². The Morgan fingerprint density at radius 1 is 0.900 bits per heavy atom. The zero-order valence-electron chi connectivity index (χ0n) is 22.6. The molecule has 0 saturated carbocycles. The van der Waals surface area contributed by atoms with Crippen LogP contribution >= 0.6 is 0 Å². The maximum Gasteiger partial charge on any atom is 0.250 e. The first-order chi connectivity index (χ1) is 19.4. The molecule has 6 rings (SSSR count). The average molecular weight is 542 g/mol. The average Bonchev–Trinajstić information content (AvgIpc) is 3.52. The van der Waals surface area contributed by atoms with Crippen LogP contribution in [0.4, 0.5) is 11.4 Å². The molecule has 40 heavy (non-hydrogen) atoms. The molecule has 1 spiro atoms. The molecule has 3 heterocycles. The second-order valence-electron chi connectivity index (χ2n) is 11.4. The second-order valence-corrected chi connectivity index (χ2v) is 11.4. The number of anilines is 2. The van der Waals surface area contributed by atoms with Gasteiger partial charge in [-0.1, -0.05) is 48.5 Å². The van der Waals surface area contributed by atoms with Gasteiger partial charge < -0.3 is 25.4 Å². The van der Waals surface area contributed by atoms with Crippen molar-refractivity contribution >= 4 is 39.9 Å². The van der Waals surface area contributed by atoms with Crippen molar-refractivity contribution in [1.29, 1.82) is 0 Å². The molecule has 3 aliphatic heterocycles. The lowest BCUT2D eigenvalue weighted by atomic mass is 9.66. The Labute approximate surface area is 233 Å². The van der Waals surface area contributed by atoms with E-state index in [0.29, 0.717) is 43.6 Å². The number of hydrogen-bond acceptors (Lipinski definition) is 5. The van der Waals surface area contributed by atoms with Gasteiger partial charge in [-0.25, -0.2) is 0 Å². The van der Waals surface area contributed by atoms with Crippen molar-refractivity contribution in [3.05, 3.63) is 72.8 Å². The zero-order chi connectivity index (χ0) is 27.9. The maximum absolute atomic E-state index is 14.1. The minimum Gasteiger partial charge on any atom is -0.396 e. The molecule has 3 aromatic carbocycles. The van der Waals surface area contributed by atoms with Crippen molar-refractivity contribution in [2.75, 3.05) is 23.8 Å². The summed E-state index contributed by atoms with van der Waals surface area (Å²) < 4.78 is 6.69. The predicted molar refractivity (Wildman–Crippen MR) is 153 cm³/mol. The summed E-state index contributed by atoms with van der Waals surface area (Å²) in [5.74, 6) is -2.24. The normalized spacial score (nSPS) is 28.6. The van der Waals surface area contributed by atoms with Gasteiger partial charge in [-0.2, -0.15) is 0 Å². The smallest absolute Gasteiger partial charge is 0.250 e. The lowest BCUT2D eigenvalue weighted by molar-refractivity contribution is -0.143. The fraction of sp³-hybridized carbons (Fsp3) is 0.406. The van der Waals surface area contributed by atoms with Crippen LogP contribution in [0.3, 0.4) is 0 Å². The van der Waals surface area contributed by atoms with Crippen molar-refractivity contribution in [3.8, 4) is 0 Å². The number of ether oxygens (including phenoxy) is 1. The summed E-state index contributed by atoms with van der Waals surface area (Å²) in [6, 6.07) is 22.0. The number of likely N-dealkylation sites (tertiary alicyclic amines) is 1. The lowest BCUT2D eigenvalue weighted by Gasteiger charge is -2.33. The van der Waals surface area contributed by atoms with Crippen LogP contribution in [0.1, 0.15) is 39.0 Å². The topological polar surface area (TPSA) is 108 Å². The van der Waals surface area contributed by atoms with Gasteiger partial charge >= 0.3 is 0 Å². The molecule has 3 N–H and O–H groups in total. The van der Waals surface area contributed by atoms with E-state index in [2.05, 4.69) is 10.6 Å². The van der Waals surface area contributed by atoms with Crippen molar-refractivity contribution in [2.45, 2.75) is 56.3 Å². The third-order valence-electron chi connectivity index (χ3n) is 8.92. The molecule has 3 saturated heterocycles. The van der Waals surface area contributed by atoms with E-state index < -0.39 is 29.1 Å². The summed E-state index contributed by atoms with van der Waals surface area (Å²) in [6.45, 7) is 2.34. The maximum atomic E-state index is 14.1. The summed E-state index contributed by atoms with van der Waals surface area (Å²) in [5, 5.41) is 17.4. The first kappa shape index (κ1) is 26.5. The van der Waals surface area contributed by atoms with Crippen LogP contribution in [-0.2, 0) is 19.1 Å². The number of nitrogens with one attached hydrogen (secondary N) is 2. The van der Waals surface area contributed by atoms with E-state index in [1.54, 1.807) is 4.90 Å². The molecule has 3 fully saturated rings.